The maximum absolute atomic E-state index is 11.4. The van der Waals surface area contributed by atoms with E-state index < -0.39 is 20.9 Å². The molecule has 0 radical (unpaired) electrons. The Bertz CT molecular complexity index is 591. The van der Waals surface area contributed by atoms with Gasteiger partial charge in [-0.15, -0.1) is 0 Å². The smallest absolute Gasteiger partial charge is 0.296 e. The molecule has 1 amide bonds. The largest absolute Gasteiger partial charge is 0.324 e. The highest BCUT2D eigenvalue weighted by Gasteiger charge is 2.17. The number of nitrogens with one attached hydrogen (secondary N) is 1. The van der Waals surface area contributed by atoms with Crippen molar-refractivity contribution < 1.29 is 22.6 Å². The van der Waals surface area contributed by atoms with Crippen LogP contribution in [-0.2, 0) is 19.7 Å². The van der Waals surface area contributed by atoms with Crippen LogP contribution < -0.4 is 5.32 Å². The molecule has 0 unspecified atom stereocenters. The Morgan fingerprint density at radius 2 is 1.94 bits per heavy atom. The van der Waals surface area contributed by atoms with Gasteiger partial charge in [-0.2, -0.15) is 8.42 Å². The topological polar surface area (TPSA) is 101 Å². The summed E-state index contributed by atoms with van der Waals surface area (Å²) in [7, 11) is -4.42. The van der Waals surface area contributed by atoms with E-state index >= 15 is 0 Å². The second-order valence-corrected chi connectivity index (χ2v) is 5.29. The van der Waals surface area contributed by atoms with E-state index in [1.54, 1.807) is 6.92 Å². The third-order valence-electron chi connectivity index (χ3n) is 2.10. The SMILES string of the molecule is CC(=O)CC(=O)Nc1cc(C)ccc1S(=O)(=O)O. The molecule has 98 valence electrons. The second kappa shape index (κ2) is 5.28. The van der Waals surface area contributed by atoms with Gasteiger partial charge in [0.15, 0.2) is 0 Å². The number of ketones is 1. The highest BCUT2D eigenvalue weighted by molar-refractivity contribution is 7.86. The molecule has 0 aliphatic rings. The molecule has 18 heavy (non-hydrogen) atoms. The minimum absolute atomic E-state index is 0.0382. The molecular formula is C11H13NO5S. The molecule has 7 heteroatoms. The summed E-state index contributed by atoms with van der Waals surface area (Å²) in [6, 6.07) is 4.08. The fourth-order valence-corrected chi connectivity index (χ4v) is 2.01. The van der Waals surface area contributed by atoms with E-state index in [2.05, 4.69) is 5.32 Å². The number of anilines is 1. The Balaban J connectivity index is 3.11. The second-order valence-electron chi connectivity index (χ2n) is 3.90. The lowest BCUT2D eigenvalue weighted by Crippen LogP contribution is -2.17. The van der Waals surface area contributed by atoms with Crippen molar-refractivity contribution in [3.63, 3.8) is 0 Å². The summed E-state index contributed by atoms with van der Waals surface area (Å²) in [5, 5.41) is 2.29. The van der Waals surface area contributed by atoms with Crippen LogP contribution in [-0.4, -0.2) is 24.7 Å². The number of hydrogen-bond donors (Lipinski definition) is 2. The van der Waals surface area contributed by atoms with Crippen LogP contribution in [0.25, 0.3) is 0 Å². The van der Waals surface area contributed by atoms with Crippen molar-refractivity contribution in [2.75, 3.05) is 5.32 Å². The van der Waals surface area contributed by atoms with Crippen LogP contribution in [0, 0.1) is 6.92 Å². The highest BCUT2D eigenvalue weighted by atomic mass is 32.2. The molecule has 0 heterocycles. The number of rotatable bonds is 4. The zero-order chi connectivity index (χ0) is 13.9. The van der Waals surface area contributed by atoms with E-state index in [9.17, 15) is 18.0 Å². The first-order valence-corrected chi connectivity index (χ1v) is 6.51. The Kier molecular flexibility index (Phi) is 4.20. The molecule has 0 aliphatic heterocycles. The molecule has 0 aromatic heterocycles. The van der Waals surface area contributed by atoms with Crippen molar-refractivity contribution in [2.45, 2.75) is 25.2 Å². The third kappa shape index (κ3) is 3.94. The van der Waals surface area contributed by atoms with E-state index in [0.717, 1.165) is 0 Å². The predicted octanol–water partition coefficient (Wildman–Crippen LogP) is 1.16. The quantitative estimate of drug-likeness (QED) is 0.632. The Morgan fingerprint density at radius 3 is 2.44 bits per heavy atom. The van der Waals surface area contributed by atoms with Gasteiger partial charge in [-0.05, 0) is 31.5 Å². The molecule has 1 rings (SSSR count). The van der Waals surface area contributed by atoms with Crippen LogP contribution in [0.15, 0.2) is 23.1 Å². The summed E-state index contributed by atoms with van der Waals surface area (Å²) >= 11 is 0. The monoisotopic (exact) mass is 271 g/mol. The Hall–Kier alpha value is -1.73. The zero-order valence-corrected chi connectivity index (χ0v) is 10.7. The summed E-state index contributed by atoms with van der Waals surface area (Å²) in [5.74, 6) is -0.966. The van der Waals surface area contributed by atoms with Crippen molar-refractivity contribution >= 4 is 27.5 Å². The number of hydrogen-bond acceptors (Lipinski definition) is 4. The van der Waals surface area contributed by atoms with Gasteiger partial charge in [0.25, 0.3) is 10.1 Å². The van der Waals surface area contributed by atoms with E-state index in [-0.39, 0.29) is 17.9 Å². The fraction of sp³-hybridized carbons (Fsp3) is 0.273. The summed E-state index contributed by atoms with van der Waals surface area (Å²) in [6.07, 6.45) is -0.348. The highest BCUT2D eigenvalue weighted by Crippen LogP contribution is 2.22. The van der Waals surface area contributed by atoms with E-state index in [1.807, 2.05) is 0 Å². The molecule has 0 fully saturated rings. The molecular weight excluding hydrogens is 258 g/mol. The molecule has 0 atom stereocenters. The van der Waals surface area contributed by atoms with Gasteiger partial charge in [0, 0.05) is 0 Å². The van der Waals surface area contributed by atoms with Crippen LogP contribution in [0.1, 0.15) is 18.9 Å². The van der Waals surface area contributed by atoms with Gasteiger partial charge in [-0.1, -0.05) is 6.07 Å². The molecule has 1 aromatic rings. The molecule has 0 aliphatic carbocycles. The summed E-state index contributed by atoms with van der Waals surface area (Å²) < 4.78 is 31.2. The fourth-order valence-electron chi connectivity index (χ4n) is 1.39. The van der Waals surface area contributed by atoms with Crippen LogP contribution in [0.5, 0.6) is 0 Å². The molecule has 1 aromatic carbocycles. The average Bonchev–Trinajstić information content (AvgIpc) is 2.13. The molecule has 0 bridgehead atoms. The number of amides is 1. The first-order valence-electron chi connectivity index (χ1n) is 5.07. The van der Waals surface area contributed by atoms with Crippen molar-refractivity contribution in [1.29, 1.82) is 0 Å². The van der Waals surface area contributed by atoms with E-state index in [4.69, 9.17) is 4.55 Å². The van der Waals surface area contributed by atoms with Crippen molar-refractivity contribution in [2.24, 2.45) is 0 Å². The van der Waals surface area contributed by atoms with Crippen molar-refractivity contribution in [1.82, 2.24) is 0 Å². The standard InChI is InChI=1S/C11H13NO5S/c1-7-3-4-10(18(15,16)17)9(5-7)12-11(14)6-8(2)13/h3-5H,6H2,1-2H3,(H,12,14)(H,15,16,17). The maximum Gasteiger partial charge on any atom is 0.296 e. The maximum atomic E-state index is 11.4. The van der Waals surface area contributed by atoms with Gasteiger partial charge in [-0.25, -0.2) is 0 Å². The first kappa shape index (κ1) is 14.3. The van der Waals surface area contributed by atoms with Gasteiger partial charge in [0.1, 0.15) is 10.7 Å². The average molecular weight is 271 g/mol. The minimum Gasteiger partial charge on any atom is -0.324 e. The minimum atomic E-state index is -4.42. The number of aryl methyl sites for hydroxylation is 1. The van der Waals surface area contributed by atoms with Crippen LogP contribution >= 0.6 is 0 Å². The summed E-state index contributed by atoms with van der Waals surface area (Å²) in [6.45, 7) is 2.95. The first-order chi connectivity index (χ1) is 8.20. The number of carbonyl (C=O) groups excluding carboxylic acids is 2. The third-order valence-corrected chi connectivity index (χ3v) is 3.01. The molecule has 2 N–H and O–H groups in total. The van der Waals surface area contributed by atoms with Crippen LogP contribution in [0.2, 0.25) is 0 Å². The van der Waals surface area contributed by atoms with Crippen LogP contribution in [0.3, 0.4) is 0 Å². The van der Waals surface area contributed by atoms with Gasteiger partial charge < -0.3 is 5.32 Å². The van der Waals surface area contributed by atoms with E-state index in [1.165, 1.54) is 25.1 Å². The van der Waals surface area contributed by atoms with Crippen LogP contribution in [0.4, 0.5) is 5.69 Å². The molecule has 0 saturated heterocycles. The number of Topliss-reactive ketones (excluding diaryl/α,β-unsaturated/α-hetero) is 1. The van der Waals surface area contributed by atoms with Gasteiger partial charge in [0.2, 0.25) is 5.91 Å². The summed E-state index contributed by atoms with van der Waals surface area (Å²) in [4.78, 5) is 21.8. The Labute approximate surface area is 105 Å². The lowest BCUT2D eigenvalue weighted by atomic mass is 10.2. The number of benzene rings is 1. The lowest BCUT2D eigenvalue weighted by molar-refractivity contribution is -0.124. The Morgan fingerprint density at radius 1 is 1.33 bits per heavy atom. The van der Waals surface area contributed by atoms with Gasteiger partial charge >= 0.3 is 0 Å². The molecule has 6 nitrogen and oxygen atoms in total. The predicted molar refractivity (Wildman–Crippen MR) is 64.9 cm³/mol. The summed E-state index contributed by atoms with van der Waals surface area (Å²) in [5.41, 5.74) is 0.671. The number of carbonyl (C=O) groups is 2. The van der Waals surface area contributed by atoms with Crippen molar-refractivity contribution in [3.05, 3.63) is 23.8 Å². The normalized spacial score (nSPS) is 11.1. The van der Waals surface area contributed by atoms with Gasteiger partial charge in [0.05, 0.1) is 12.1 Å². The van der Waals surface area contributed by atoms with E-state index in [0.29, 0.717) is 5.56 Å². The zero-order valence-electron chi connectivity index (χ0n) is 9.93. The lowest BCUT2D eigenvalue weighted by Gasteiger charge is -2.09. The molecule has 0 spiro atoms. The molecule has 0 saturated carbocycles. The van der Waals surface area contributed by atoms with Crippen molar-refractivity contribution in [3.8, 4) is 0 Å². The van der Waals surface area contributed by atoms with Gasteiger partial charge in [-0.3, -0.25) is 14.1 Å².